The van der Waals surface area contributed by atoms with Crippen LogP contribution in [0.1, 0.15) is 83.5 Å². The first-order valence-electron chi connectivity index (χ1n) is 9.22. The van der Waals surface area contributed by atoms with Crippen molar-refractivity contribution < 1.29 is 19.1 Å². The van der Waals surface area contributed by atoms with Gasteiger partial charge in [0.2, 0.25) is 0 Å². The van der Waals surface area contributed by atoms with E-state index in [-0.39, 0.29) is 17.4 Å². The molecule has 0 radical (unpaired) electrons. The van der Waals surface area contributed by atoms with Crippen molar-refractivity contribution in [3.63, 3.8) is 0 Å². The molecule has 1 aromatic carbocycles. The molecule has 1 aliphatic rings. The fourth-order valence-electron chi connectivity index (χ4n) is 2.97. The normalized spacial score (nSPS) is 17.0. The van der Waals surface area contributed by atoms with Gasteiger partial charge in [-0.3, -0.25) is 9.59 Å². The summed E-state index contributed by atoms with van der Waals surface area (Å²) in [6, 6.07) is 5.07. The molecule has 2 rings (SSSR count). The molecular formula is C21H30O4. The number of ether oxygens (including phenoxy) is 2. The largest absolute Gasteiger partial charge is 0.487 e. The van der Waals surface area contributed by atoms with Crippen LogP contribution in [0.3, 0.4) is 0 Å². The maximum absolute atomic E-state index is 12.4. The van der Waals surface area contributed by atoms with Crippen LogP contribution in [0.5, 0.6) is 11.5 Å². The first kappa shape index (κ1) is 19.5. The van der Waals surface area contributed by atoms with E-state index in [1.54, 1.807) is 18.2 Å². The fourth-order valence-corrected chi connectivity index (χ4v) is 2.97. The minimum absolute atomic E-state index is 0.0775. The summed E-state index contributed by atoms with van der Waals surface area (Å²) in [6.45, 7) is 9.27. The summed E-state index contributed by atoms with van der Waals surface area (Å²) in [5, 5.41) is 0. The van der Waals surface area contributed by atoms with Gasteiger partial charge in [0.25, 0.3) is 0 Å². The number of esters is 1. The lowest BCUT2D eigenvalue weighted by atomic mass is 9.86. The zero-order chi connectivity index (χ0) is 18.7. The summed E-state index contributed by atoms with van der Waals surface area (Å²) in [5.41, 5.74) is -0.297. The van der Waals surface area contributed by atoms with Crippen molar-refractivity contribution in [1.82, 2.24) is 0 Å². The summed E-state index contributed by atoms with van der Waals surface area (Å²) < 4.78 is 11.8. The van der Waals surface area contributed by atoms with Gasteiger partial charge < -0.3 is 9.47 Å². The number of carbonyl (C=O) groups is 2. The minimum atomic E-state index is -0.567. The van der Waals surface area contributed by atoms with E-state index in [2.05, 4.69) is 6.92 Å². The van der Waals surface area contributed by atoms with E-state index in [0.717, 1.165) is 25.7 Å². The Morgan fingerprint density at radius 2 is 1.68 bits per heavy atom. The second kappa shape index (κ2) is 7.59. The quantitative estimate of drug-likeness (QED) is 0.397. The molecule has 1 saturated carbocycles. The van der Waals surface area contributed by atoms with Crippen molar-refractivity contribution in [3.05, 3.63) is 23.8 Å². The molecule has 138 valence electrons. The first-order chi connectivity index (χ1) is 11.6. The second-order valence-electron chi connectivity index (χ2n) is 7.99. The Labute approximate surface area is 150 Å². The third-order valence-electron chi connectivity index (χ3n) is 5.21. The molecule has 25 heavy (non-hydrogen) atoms. The lowest BCUT2D eigenvalue weighted by molar-refractivity contribution is -0.144. The third kappa shape index (κ3) is 5.07. The van der Waals surface area contributed by atoms with E-state index in [1.807, 2.05) is 20.8 Å². The monoisotopic (exact) mass is 346 g/mol. The van der Waals surface area contributed by atoms with Crippen molar-refractivity contribution in [1.29, 1.82) is 0 Å². The molecule has 0 unspecified atom stereocenters. The lowest BCUT2D eigenvalue weighted by Crippen LogP contribution is -2.34. The standard InChI is InChI=1S/C21H30O4/c1-6-20(3,4)19(23)24-17-12-16(15(2)22)13-18(14-17)25-21(5)10-8-7-9-11-21/h12-14H,6-11H2,1-5H3. The van der Waals surface area contributed by atoms with Gasteiger partial charge in [0.05, 0.1) is 5.41 Å². The van der Waals surface area contributed by atoms with Crippen LogP contribution < -0.4 is 9.47 Å². The van der Waals surface area contributed by atoms with E-state index >= 15 is 0 Å². The average Bonchev–Trinajstić information content (AvgIpc) is 2.54. The Bertz CT molecular complexity index is 639. The van der Waals surface area contributed by atoms with Crippen molar-refractivity contribution in [2.24, 2.45) is 5.41 Å². The van der Waals surface area contributed by atoms with Gasteiger partial charge in [0.15, 0.2) is 5.78 Å². The molecule has 1 aliphatic carbocycles. The number of hydrogen-bond acceptors (Lipinski definition) is 4. The summed E-state index contributed by atoms with van der Waals surface area (Å²) >= 11 is 0. The van der Waals surface area contributed by atoms with Crippen LogP contribution in [0.2, 0.25) is 0 Å². The van der Waals surface area contributed by atoms with Crippen LogP contribution in [-0.2, 0) is 4.79 Å². The number of hydrogen-bond donors (Lipinski definition) is 0. The molecule has 1 fully saturated rings. The van der Waals surface area contributed by atoms with E-state index in [0.29, 0.717) is 23.5 Å². The zero-order valence-corrected chi connectivity index (χ0v) is 16.1. The SMILES string of the molecule is CCC(C)(C)C(=O)Oc1cc(OC2(C)CCCCC2)cc(C(C)=O)c1. The first-order valence-corrected chi connectivity index (χ1v) is 9.22. The number of Topliss-reactive ketones (excluding diaryl/α,β-unsaturated/α-hetero) is 1. The van der Waals surface area contributed by atoms with Crippen molar-refractivity contribution in [2.45, 2.75) is 78.7 Å². The van der Waals surface area contributed by atoms with Crippen molar-refractivity contribution >= 4 is 11.8 Å². The van der Waals surface area contributed by atoms with E-state index in [1.165, 1.54) is 13.3 Å². The van der Waals surface area contributed by atoms with Gasteiger partial charge in [0, 0.05) is 11.6 Å². The van der Waals surface area contributed by atoms with Crippen LogP contribution >= 0.6 is 0 Å². The van der Waals surface area contributed by atoms with Gasteiger partial charge in [-0.2, -0.15) is 0 Å². The van der Waals surface area contributed by atoms with Gasteiger partial charge in [-0.25, -0.2) is 0 Å². The predicted molar refractivity (Wildman–Crippen MR) is 98.3 cm³/mol. The highest BCUT2D eigenvalue weighted by Crippen LogP contribution is 2.35. The summed E-state index contributed by atoms with van der Waals surface area (Å²) in [6.07, 6.45) is 6.20. The number of rotatable bonds is 6. The van der Waals surface area contributed by atoms with E-state index < -0.39 is 5.41 Å². The molecule has 0 aromatic heterocycles. The Morgan fingerprint density at radius 3 is 2.24 bits per heavy atom. The Morgan fingerprint density at radius 1 is 1.08 bits per heavy atom. The molecular weight excluding hydrogens is 316 g/mol. The maximum atomic E-state index is 12.4. The molecule has 0 bridgehead atoms. The number of carbonyl (C=O) groups excluding carboxylic acids is 2. The third-order valence-corrected chi connectivity index (χ3v) is 5.21. The van der Waals surface area contributed by atoms with E-state index in [9.17, 15) is 9.59 Å². The highest BCUT2D eigenvalue weighted by atomic mass is 16.5. The van der Waals surface area contributed by atoms with Crippen molar-refractivity contribution in [3.8, 4) is 11.5 Å². The molecule has 4 heteroatoms. The van der Waals surface area contributed by atoms with Gasteiger partial charge >= 0.3 is 5.97 Å². The molecule has 0 heterocycles. The molecule has 1 aromatic rings. The number of benzene rings is 1. The molecule has 0 saturated heterocycles. The van der Waals surface area contributed by atoms with Gasteiger partial charge in [-0.1, -0.05) is 13.3 Å². The van der Waals surface area contributed by atoms with Crippen LogP contribution in [-0.4, -0.2) is 17.4 Å². The van der Waals surface area contributed by atoms with Crippen LogP contribution in [0.4, 0.5) is 0 Å². The van der Waals surface area contributed by atoms with Gasteiger partial charge in [0.1, 0.15) is 17.1 Å². The van der Waals surface area contributed by atoms with Gasteiger partial charge in [-0.15, -0.1) is 0 Å². The molecule has 0 N–H and O–H groups in total. The maximum Gasteiger partial charge on any atom is 0.316 e. The predicted octanol–water partition coefficient (Wildman–Crippen LogP) is 5.33. The highest BCUT2D eigenvalue weighted by Gasteiger charge is 2.30. The smallest absolute Gasteiger partial charge is 0.316 e. The topological polar surface area (TPSA) is 52.6 Å². The summed E-state index contributed by atoms with van der Waals surface area (Å²) in [4.78, 5) is 24.2. The molecule has 0 amide bonds. The average molecular weight is 346 g/mol. The molecule has 0 atom stereocenters. The van der Waals surface area contributed by atoms with Crippen molar-refractivity contribution in [2.75, 3.05) is 0 Å². The Balaban J connectivity index is 2.27. The number of ketones is 1. The molecule has 4 nitrogen and oxygen atoms in total. The van der Waals surface area contributed by atoms with Crippen LogP contribution in [0.15, 0.2) is 18.2 Å². The minimum Gasteiger partial charge on any atom is -0.487 e. The van der Waals surface area contributed by atoms with Gasteiger partial charge in [-0.05, 0) is 71.9 Å². The molecule has 0 aliphatic heterocycles. The summed E-state index contributed by atoms with van der Waals surface area (Å²) in [7, 11) is 0. The second-order valence-corrected chi connectivity index (χ2v) is 7.99. The Hall–Kier alpha value is -1.84. The van der Waals surface area contributed by atoms with Crippen LogP contribution in [0, 0.1) is 5.41 Å². The highest BCUT2D eigenvalue weighted by molar-refractivity contribution is 5.95. The van der Waals surface area contributed by atoms with E-state index in [4.69, 9.17) is 9.47 Å². The summed E-state index contributed by atoms with van der Waals surface area (Å²) in [5.74, 6) is 0.583. The zero-order valence-electron chi connectivity index (χ0n) is 16.1. The van der Waals surface area contributed by atoms with Crippen LogP contribution in [0.25, 0.3) is 0 Å². The Kier molecular flexibility index (Phi) is 5.91. The molecule has 0 spiro atoms. The lowest BCUT2D eigenvalue weighted by Gasteiger charge is -2.34. The fraction of sp³-hybridized carbons (Fsp3) is 0.619.